The molecule has 1 aromatic heterocycles. The van der Waals surface area contributed by atoms with Crippen molar-refractivity contribution in [2.75, 3.05) is 19.6 Å². The van der Waals surface area contributed by atoms with Gasteiger partial charge in [0.15, 0.2) is 0 Å². The lowest BCUT2D eigenvalue weighted by Gasteiger charge is -2.33. The molecule has 1 atom stereocenters. The van der Waals surface area contributed by atoms with Crippen LogP contribution in [0.3, 0.4) is 0 Å². The number of aromatic nitrogens is 1. The normalized spacial score (nSPS) is 19.9. The Morgan fingerprint density at radius 2 is 2.16 bits per heavy atom. The Hall–Kier alpha value is -1.81. The first-order valence-electron chi connectivity index (χ1n) is 6.74. The van der Waals surface area contributed by atoms with Gasteiger partial charge in [-0.2, -0.15) is 0 Å². The number of benzene rings is 1. The molecule has 2 aromatic rings. The maximum absolute atomic E-state index is 12.7. The van der Waals surface area contributed by atoms with Crippen LogP contribution in [-0.2, 0) is 7.05 Å². The summed E-state index contributed by atoms with van der Waals surface area (Å²) in [7, 11) is 1.99. The van der Waals surface area contributed by atoms with E-state index in [1.165, 1.54) is 0 Å². The number of nitrogens with zero attached hydrogens (tertiary/aromatic N) is 2. The van der Waals surface area contributed by atoms with Gasteiger partial charge in [0.25, 0.3) is 5.91 Å². The van der Waals surface area contributed by atoms with E-state index in [1.807, 2.05) is 47.0 Å². The van der Waals surface area contributed by atoms with Gasteiger partial charge in [-0.05, 0) is 13.0 Å². The average molecular weight is 257 g/mol. The summed E-state index contributed by atoms with van der Waals surface area (Å²) in [6, 6.07) is 8.31. The fourth-order valence-corrected chi connectivity index (χ4v) is 2.81. The summed E-state index contributed by atoms with van der Waals surface area (Å²) in [4.78, 5) is 14.7. The standard InChI is InChI=1S/C15H19N3O/c1-11-9-16-7-8-18(11)15(19)13-10-17(2)14-6-4-3-5-12(13)14/h3-6,10-11,16H,7-9H2,1-2H3. The third kappa shape index (κ3) is 2.02. The molecule has 1 aliphatic heterocycles. The molecule has 3 rings (SSSR count). The molecular formula is C15H19N3O. The van der Waals surface area contributed by atoms with Crippen LogP contribution in [0.15, 0.2) is 30.5 Å². The van der Waals surface area contributed by atoms with Crippen LogP contribution in [0.25, 0.3) is 10.9 Å². The van der Waals surface area contributed by atoms with Crippen LogP contribution in [0.2, 0.25) is 0 Å². The predicted octanol–water partition coefficient (Wildman–Crippen LogP) is 1.61. The van der Waals surface area contributed by atoms with Gasteiger partial charge in [-0.25, -0.2) is 0 Å². The Bertz CT molecular complexity index is 617. The summed E-state index contributed by atoms with van der Waals surface area (Å²) in [5.41, 5.74) is 1.92. The summed E-state index contributed by atoms with van der Waals surface area (Å²) in [5.74, 6) is 0.144. The smallest absolute Gasteiger partial charge is 0.256 e. The average Bonchev–Trinajstić information content (AvgIpc) is 2.77. The number of aryl methyl sites for hydroxylation is 1. The molecule has 4 heteroatoms. The molecule has 0 aliphatic carbocycles. The van der Waals surface area contributed by atoms with Crippen molar-refractivity contribution in [2.24, 2.45) is 7.05 Å². The zero-order valence-electron chi connectivity index (χ0n) is 11.4. The Morgan fingerprint density at radius 3 is 2.95 bits per heavy atom. The minimum Gasteiger partial charge on any atom is -0.350 e. The monoisotopic (exact) mass is 257 g/mol. The van der Waals surface area contributed by atoms with Crippen LogP contribution in [-0.4, -0.2) is 41.1 Å². The van der Waals surface area contributed by atoms with E-state index < -0.39 is 0 Å². The topological polar surface area (TPSA) is 37.3 Å². The molecule has 1 unspecified atom stereocenters. The molecule has 1 aliphatic rings. The quantitative estimate of drug-likeness (QED) is 0.843. The van der Waals surface area contributed by atoms with Crippen LogP contribution < -0.4 is 5.32 Å². The number of amides is 1. The van der Waals surface area contributed by atoms with Gasteiger partial charge >= 0.3 is 0 Å². The van der Waals surface area contributed by atoms with E-state index in [4.69, 9.17) is 0 Å². The van der Waals surface area contributed by atoms with E-state index in [0.717, 1.165) is 36.1 Å². The molecule has 100 valence electrons. The Labute approximate surface area is 113 Å². The number of nitrogens with one attached hydrogen (secondary N) is 1. The van der Waals surface area contributed by atoms with Crippen LogP contribution in [0.1, 0.15) is 17.3 Å². The number of carbonyl (C=O) groups excluding carboxylic acids is 1. The van der Waals surface area contributed by atoms with Gasteiger partial charge < -0.3 is 14.8 Å². The first kappa shape index (κ1) is 12.2. The van der Waals surface area contributed by atoms with E-state index in [0.29, 0.717) is 0 Å². The fraction of sp³-hybridized carbons (Fsp3) is 0.400. The van der Waals surface area contributed by atoms with E-state index in [1.54, 1.807) is 0 Å². The lowest BCUT2D eigenvalue weighted by atomic mass is 10.1. The highest BCUT2D eigenvalue weighted by Crippen LogP contribution is 2.22. The van der Waals surface area contributed by atoms with Crippen molar-refractivity contribution in [3.8, 4) is 0 Å². The van der Waals surface area contributed by atoms with Crippen molar-refractivity contribution in [3.05, 3.63) is 36.0 Å². The number of hydrogen-bond acceptors (Lipinski definition) is 2. The maximum atomic E-state index is 12.7. The second-order valence-corrected chi connectivity index (χ2v) is 5.22. The van der Waals surface area contributed by atoms with Crippen LogP contribution in [0.5, 0.6) is 0 Å². The van der Waals surface area contributed by atoms with Gasteiger partial charge in [0, 0.05) is 49.8 Å². The number of hydrogen-bond donors (Lipinski definition) is 1. The molecular weight excluding hydrogens is 238 g/mol. The molecule has 4 nitrogen and oxygen atoms in total. The summed E-state index contributed by atoms with van der Waals surface area (Å²) in [6.45, 7) is 4.62. The highest BCUT2D eigenvalue weighted by molar-refractivity contribution is 6.07. The van der Waals surface area contributed by atoms with E-state index in [2.05, 4.69) is 12.2 Å². The van der Waals surface area contributed by atoms with Crippen molar-refractivity contribution in [2.45, 2.75) is 13.0 Å². The van der Waals surface area contributed by atoms with Crippen LogP contribution in [0.4, 0.5) is 0 Å². The number of rotatable bonds is 1. The molecule has 1 fully saturated rings. The number of piperazine rings is 1. The molecule has 1 amide bonds. The summed E-state index contributed by atoms with van der Waals surface area (Å²) < 4.78 is 2.02. The largest absolute Gasteiger partial charge is 0.350 e. The van der Waals surface area contributed by atoms with Gasteiger partial charge in [0.1, 0.15) is 0 Å². The van der Waals surface area contributed by atoms with Gasteiger partial charge in [-0.3, -0.25) is 4.79 Å². The van der Waals surface area contributed by atoms with Crippen molar-refractivity contribution < 1.29 is 4.79 Å². The minimum absolute atomic E-state index is 0.144. The van der Waals surface area contributed by atoms with Crippen LogP contribution in [0, 0.1) is 0 Å². The van der Waals surface area contributed by atoms with Crippen molar-refractivity contribution in [3.63, 3.8) is 0 Å². The fourth-order valence-electron chi connectivity index (χ4n) is 2.81. The van der Waals surface area contributed by atoms with Crippen LogP contribution >= 0.6 is 0 Å². The molecule has 1 N–H and O–H groups in total. The van der Waals surface area contributed by atoms with Gasteiger partial charge in [0.05, 0.1) is 5.56 Å². The third-order valence-electron chi connectivity index (χ3n) is 3.89. The highest BCUT2D eigenvalue weighted by Gasteiger charge is 2.26. The molecule has 0 bridgehead atoms. The van der Waals surface area contributed by atoms with Crippen molar-refractivity contribution in [1.82, 2.24) is 14.8 Å². The molecule has 0 radical (unpaired) electrons. The minimum atomic E-state index is 0.144. The number of para-hydroxylation sites is 1. The first-order chi connectivity index (χ1) is 9.18. The molecule has 1 aromatic carbocycles. The third-order valence-corrected chi connectivity index (χ3v) is 3.89. The predicted molar refractivity (Wildman–Crippen MR) is 76.3 cm³/mol. The molecule has 19 heavy (non-hydrogen) atoms. The van der Waals surface area contributed by atoms with E-state index >= 15 is 0 Å². The summed E-state index contributed by atoms with van der Waals surface area (Å²) in [6.07, 6.45) is 1.95. The van der Waals surface area contributed by atoms with Crippen molar-refractivity contribution in [1.29, 1.82) is 0 Å². The number of fused-ring (bicyclic) bond motifs is 1. The highest BCUT2D eigenvalue weighted by atomic mass is 16.2. The van der Waals surface area contributed by atoms with Gasteiger partial charge in [0.2, 0.25) is 0 Å². The lowest BCUT2D eigenvalue weighted by molar-refractivity contribution is 0.0657. The Balaban J connectivity index is 2.02. The molecule has 1 saturated heterocycles. The van der Waals surface area contributed by atoms with Gasteiger partial charge in [-0.15, -0.1) is 0 Å². The summed E-state index contributed by atoms with van der Waals surface area (Å²) >= 11 is 0. The second-order valence-electron chi connectivity index (χ2n) is 5.22. The second kappa shape index (κ2) is 4.70. The zero-order chi connectivity index (χ0) is 13.4. The maximum Gasteiger partial charge on any atom is 0.256 e. The van der Waals surface area contributed by atoms with E-state index in [-0.39, 0.29) is 11.9 Å². The zero-order valence-corrected chi connectivity index (χ0v) is 11.4. The van der Waals surface area contributed by atoms with E-state index in [9.17, 15) is 4.79 Å². The molecule has 0 spiro atoms. The number of carbonyl (C=O) groups is 1. The lowest BCUT2D eigenvalue weighted by Crippen LogP contribution is -2.52. The Kier molecular flexibility index (Phi) is 3.03. The van der Waals surface area contributed by atoms with Gasteiger partial charge in [-0.1, -0.05) is 18.2 Å². The first-order valence-corrected chi connectivity index (χ1v) is 6.74. The SMILES string of the molecule is CC1CNCCN1C(=O)c1cn(C)c2ccccc12. The summed E-state index contributed by atoms with van der Waals surface area (Å²) in [5, 5.41) is 4.36. The molecule has 0 saturated carbocycles. The Morgan fingerprint density at radius 1 is 1.37 bits per heavy atom. The molecule has 2 heterocycles. The van der Waals surface area contributed by atoms with Crippen molar-refractivity contribution >= 4 is 16.8 Å².